The van der Waals surface area contributed by atoms with Gasteiger partial charge in [-0.3, -0.25) is 24.8 Å². The molecule has 1 aliphatic rings. The Labute approximate surface area is 191 Å². The number of nitro groups is 1. The minimum atomic E-state index is -3.59. The highest BCUT2D eigenvalue weighted by Crippen LogP contribution is 2.24. The molecule has 0 atom stereocenters. The van der Waals surface area contributed by atoms with Gasteiger partial charge in [0.25, 0.3) is 11.6 Å². The molecule has 1 amide bonds. The van der Waals surface area contributed by atoms with Crippen LogP contribution in [-0.4, -0.2) is 59.8 Å². The zero-order chi connectivity index (χ0) is 23.3. The van der Waals surface area contributed by atoms with Gasteiger partial charge in [0, 0.05) is 43.1 Å². The molecular weight excluding hydrogens is 452 g/mol. The highest BCUT2D eigenvalue weighted by atomic mass is 32.2. The smallest absolute Gasteiger partial charge is 0.269 e. The Morgan fingerprint density at radius 3 is 2.50 bits per heavy atom. The van der Waals surface area contributed by atoms with E-state index in [1.54, 1.807) is 30.9 Å². The number of non-ortho nitro benzene ring substituents is 1. The molecule has 0 unspecified atom stereocenters. The molecule has 2 aromatic carbocycles. The molecule has 9 nitrogen and oxygen atoms in total. The Hall–Kier alpha value is -2.76. The first-order valence-corrected chi connectivity index (χ1v) is 12.5. The van der Waals surface area contributed by atoms with E-state index in [9.17, 15) is 23.3 Å². The second kappa shape index (κ2) is 10.2. The van der Waals surface area contributed by atoms with Crippen molar-refractivity contribution in [2.45, 2.75) is 24.5 Å². The molecule has 0 bridgehead atoms. The molecule has 0 saturated carbocycles. The number of rotatable bonds is 8. The van der Waals surface area contributed by atoms with E-state index in [0.29, 0.717) is 42.7 Å². The number of carbonyl (C=O) groups is 1. The number of hydrogen-bond donors (Lipinski definition) is 0. The first kappa shape index (κ1) is 23.9. The van der Waals surface area contributed by atoms with Gasteiger partial charge in [0.05, 0.1) is 16.4 Å². The van der Waals surface area contributed by atoms with E-state index in [2.05, 4.69) is 4.99 Å². The SMILES string of the molecule is CCN(CC)S(=O)(=O)c1ccc(C(=O)N2CCN=C2SCc2cccc([N+](=O)[O-])c2)cc1. The molecule has 2 aromatic rings. The van der Waals surface area contributed by atoms with Crippen molar-refractivity contribution < 1.29 is 18.1 Å². The normalized spacial score (nSPS) is 14.0. The van der Waals surface area contributed by atoms with Crippen LogP contribution >= 0.6 is 11.8 Å². The zero-order valence-corrected chi connectivity index (χ0v) is 19.4. The lowest BCUT2D eigenvalue weighted by atomic mass is 10.2. The molecule has 0 N–H and O–H groups in total. The molecule has 0 spiro atoms. The number of amides is 1. The first-order valence-electron chi connectivity index (χ1n) is 10.1. The summed E-state index contributed by atoms with van der Waals surface area (Å²) in [6, 6.07) is 12.3. The van der Waals surface area contributed by atoms with Crippen LogP contribution in [0.1, 0.15) is 29.8 Å². The molecule has 0 saturated heterocycles. The average molecular weight is 477 g/mol. The van der Waals surface area contributed by atoms with Crippen molar-refractivity contribution >= 4 is 38.5 Å². The van der Waals surface area contributed by atoms with Gasteiger partial charge < -0.3 is 0 Å². The molecule has 3 rings (SSSR count). The number of aliphatic imine (C=N–C) groups is 1. The zero-order valence-electron chi connectivity index (χ0n) is 17.8. The van der Waals surface area contributed by atoms with Gasteiger partial charge in [0.2, 0.25) is 10.0 Å². The van der Waals surface area contributed by atoms with Crippen molar-refractivity contribution in [3.05, 3.63) is 69.8 Å². The molecule has 0 aromatic heterocycles. The Morgan fingerprint density at radius 1 is 1.19 bits per heavy atom. The van der Waals surface area contributed by atoms with Crippen molar-refractivity contribution in [2.75, 3.05) is 26.2 Å². The fourth-order valence-corrected chi connectivity index (χ4v) is 5.73. The number of thioether (sulfide) groups is 1. The lowest BCUT2D eigenvalue weighted by Crippen LogP contribution is -2.33. The summed E-state index contributed by atoms with van der Waals surface area (Å²) in [5.41, 5.74) is 1.15. The molecular formula is C21H24N4O5S2. The average Bonchev–Trinajstić information content (AvgIpc) is 3.26. The Kier molecular flexibility index (Phi) is 7.64. The number of benzene rings is 2. The summed E-state index contributed by atoms with van der Waals surface area (Å²) in [7, 11) is -3.59. The van der Waals surface area contributed by atoms with Crippen molar-refractivity contribution in [1.29, 1.82) is 0 Å². The van der Waals surface area contributed by atoms with Crippen LogP contribution in [0.5, 0.6) is 0 Å². The van der Waals surface area contributed by atoms with Crippen LogP contribution in [0.2, 0.25) is 0 Å². The molecule has 32 heavy (non-hydrogen) atoms. The summed E-state index contributed by atoms with van der Waals surface area (Å²) in [5, 5.41) is 11.5. The maximum Gasteiger partial charge on any atom is 0.269 e. The predicted octanol–water partition coefficient (Wildman–Crippen LogP) is 3.37. The number of hydrogen-bond acceptors (Lipinski definition) is 7. The maximum absolute atomic E-state index is 13.0. The van der Waals surface area contributed by atoms with Gasteiger partial charge in [-0.05, 0) is 29.8 Å². The lowest BCUT2D eigenvalue weighted by molar-refractivity contribution is -0.384. The monoisotopic (exact) mass is 476 g/mol. The van der Waals surface area contributed by atoms with Crippen LogP contribution in [0.15, 0.2) is 58.4 Å². The highest BCUT2D eigenvalue weighted by molar-refractivity contribution is 8.13. The van der Waals surface area contributed by atoms with Gasteiger partial charge in [-0.15, -0.1) is 0 Å². The van der Waals surface area contributed by atoms with Gasteiger partial charge in [-0.2, -0.15) is 4.31 Å². The summed E-state index contributed by atoms with van der Waals surface area (Å²) in [5.74, 6) is 0.172. The van der Waals surface area contributed by atoms with Crippen LogP contribution in [0.25, 0.3) is 0 Å². The molecule has 170 valence electrons. The van der Waals surface area contributed by atoms with Crippen molar-refractivity contribution in [3.63, 3.8) is 0 Å². The van der Waals surface area contributed by atoms with Crippen LogP contribution in [0, 0.1) is 10.1 Å². The second-order valence-corrected chi connectivity index (χ2v) is 9.83. The standard InChI is InChI=1S/C21H24N4O5S2/c1-3-23(4-2)32(29,30)19-10-8-17(9-11-19)20(26)24-13-12-22-21(24)31-15-16-6-5-7-18(14-16)25(27)28/h5-11,14H,3-4,12-13,15H2,1-2H3. The number of nitrogens with zero attached hydrogens (tertiary/aromatic N) is 4. The fourth-order valence-electron chi connectivity index (χ4n) is 3.28. The largest absolute Gasteiger partial charge is 0.286 e. The quantitative estimate of drug-likeness (QED) is 0.426. The third kappa shape index (κ3) is 5.17. The molecule has 0 aliphatic carbocycles. The molecule has 0 radical (unpaired) electrons. The summed E-state index contributed by atoms with van der Waals surface area (Å²) in [6.45, 7) is 5.19. The summed E-state index contributed by atoms with van der Waals surface area (Å²) >= 11 is 1.34. The van der Waals surface area contributed by atoms with E-state index in [1.807, 2.05) is 0 Å². The van der Waals surface area contributed by atoms with Gasteiger partial charge in [0.15, 0.2) is 5.17 Å². The fraction of sp³-hybridized carbons (Fsp3) is 0.333. The Morgan fingerprint density at radius 2 is 1.88 bits per heavy atom. The topological polar surface area (TPSA) is 113 Å². The first-order chi connectivity index (χ1) is 15.3. The second-order valence-electron chi connectivity index (χ2n) is 6.95. The molecule has 1 aliphatic heterocycles. The summed E-state index contributed by atoms with van der Waals surface area (Å²) in [4.78, 5) is 29.6. The van der Waals surface area contributed by atoms with E-state index in [4.69, 9.17) is 0 Å². The lowest BCUT2D eigenvalue weighted by Gasteiger charge is -2.20. The van der Waals surface area contributed by atoms with Crippen molar-refractivity contribution in [3.8, 4) is 0 Å². The molecule has 11 heteroatoms. The minimum absolute atomic E-state index is 0.0177. The highest BCUT2D eigenvalue weighted by Gasteiger charge is 2.27. The Balaban J connectivity index is 1.70. The number of sulfonamides is 1. The van der Waals surface area contributed by atoms with Crippen LogP contribution < -0.4 is 0 Å². The van der Waals surface area contributed by atoms with E-state index in [1.165, 1.54) is 52.5 Å². The van der Waals surface area contributed by atoms with Crippen LogP contribution in [0.4, 0.5) is 5.69 Å². The number of amidine groups is 1. The van der Waals surface area contributed by atoms with E-state index < -0.39 is 14.9 Å². The van der Waals surface area contributed by atoms with Crippen molar-refractivity contribution in [1.82, 2.24) is 9.21 Å². The Bertz CT molecular complexity index is 1130. The van der Waals surface area contributed by atoms with Crippen LogP contribution in [-0.2, 0) is 15.8 Å². The molecule has 0 fully saturated rings. The van der Waals surface area contributed by atoms with Gasteiger partial charge >= 0.3 is 0 Å². The van der Waals surface area contributed by atoms with Gasteiger partial charge in [0.1, 0.15) is 0 Å². The molecule has 1 heterocycles. The van der Waals surface area contributed by atoms with E-state index >= 15 is 0 Å². The van der Waals surface area contributed by atoms with E-state index in [0.717, 1.165) is 5.56 Å². The minimum Gasteiger partial charge on any atom is -0.286 e. The number of nitro benzene ring substituents is 1. The van der Waals surface area contributed by atoms with Gasteiger partial charge in [-0.1, -0.05) is 37.7 Å². The maximum atomic E-state index is 13.0. The van der Waals surface area contributed by atoms with Crippen LogP contribution in [0.3, 0.4) is 0 Å². The van der Waals surface area contributed by atoms with Crippen molar-refractivity contribution in [2.24, 2.45) is 4.99 Å². The predicted molar refractivity (Wildman–Crippen MR) is 124 cm³/mol. The third-order valence-corrected chi connectivity index (χ3v) is 8.13. The summed E-state index contributed by atoms with van der Waals surface area (Å²) in [6.07, 6.45) is 0. The number of carbonyl (C=O) groups excluding carboxylic acids is 1. The van der Waals surface area contributed by atoms with E-state index in [-0.39, 0.29) is 16.5 Å². The summed E-state index contributed by atoms with van der Waals surface area (Å²) < 4.78 is 26.6. The van der Waals surface area contributed by atoms with Gasteiger partial charge in [-0.25, -0.2) is 8.42 Å². The third-order valence-electron chi connectivity index (χ3n) is 4.98.